The maximum atomic E-state index is 10.6. The van der Waals surface area contributed by atoms with Crippen LogP contribution < -0.4 is 15.8 Å². The average Bonchev–Trinajstić information content (AvgIpc) is 2.67. The molecule has 7 nitrogen and oxygen atoms in total. The smallest absolute Gasteiger partial charge is 0.490 e. The minimum atomic E-state index is -5.08. The molecule has 0 aliphatic rings. The summed E-state index contributed by atoms with van der Waals surface area (Å²) in [6.07, 6.45) is -5.08. The Hall–Kier alpha value is -3.56. The summed E-state index contributed by atoms with van der Waals surface area (Å²) in [6, 6.07) is 14.1. The van der Waals surface area contributed by atoms with Crippen LogP contribution >= 0.6 is 0 Å². The number of nitrogens with two attached hydrogens (primary N) is 1. The van der Waals surface area contributed by atoms with E-state index in [1.165, 1.54) is 0 Å². The summed E-state index contributed by atoms with van der Waals surface area (Å²) in [6.45, 7) is 2.62. The molecule has 0 aliphatic carbocycles. The average molecular weight is 408 g/mol. The molecule has 10 heteroatoms. The van der Waals surface area contributed by atoms with Crippen molar-refractivity contribution in [3.05, 3.63) is 42.5 Å². The first kappa shape index (κ1) is 21.7. The maximum absolute atomic E-state index is 10.6. The first-order chi connectivity index (χ1) is 13.7. The number of nitrogens with zero attached hydrogens (tertiary/aromatic N) is 2. The third kappa shape index (κ3) is 5.71. The number of carbonyl (C=O) groups is 1. The molecule has 0 bridgehead atoms. The summed E-state index contributed by atoms with van der Waals surface area (Å²) in [5.41, 5.74) is 8.73. The number of nitrogens with one attached hydrogen (secondary N) is 1. The van der Waals surface area contributed by atoms with E-state index >= 15 is 0 Å². The fourth-order valence-electron chi connectivity index (χ4n) is 2.45. The van der Waals surface area contributed by atoms with Gasteiger partial charge < -0.3 is 20.9 Å². The van der Waals surface area contributed by atoms with E-state index in [0.29, 0.717) is 6.61 Å². The Kier molecular flexibility index (Phi) is 6.81. The summed E-state index contributed by atoms with van der Waals surface area (Å²) in [5.74, 6) is -0.903. The molecule has 0 atom stereocenters. The molecule has 0 fully saturated rings. The summed E-state index contributed by atoms with van der Waals surface area (Å²) < 4.78 is 37.3. The van der Waals surface area contributed by atoms with Crippen molar-refractivity contribution in [3.63, 3.8) is 0 Å². The van der Waals surface area contributed by atoms with Crippen LogP contribution in [0.4, 0.5) is 24.9 Å². The second-order valence-corrected chi connectivity index (χ2v) is 5.68. The largest absolute Gasteiger partial charge is 0.494 e. The van der Waals surface area contributed by atoms with Gasteiger partial charge in [-0.05, 0) is 42.3 Å². The Labute approximate surface area is 164 Å². The van der Waals surface area contributed by atoms with Gasteiger partial charge >= 0.3 is 12.1 Å². The lowest BCUT2D eigenvalue weighted by atomic mass is 10.0. The number of carboxylic acids is 1. The number of benzene rings is 2. The quantitative estimate of drug-likeness (QED) is 0.599. The van der Waals surface area contributed by atoms with E-state index in [4.69, 9.17) is 20.4 Å². The van der Waals surface area contributed by atoms with Crippen LogP contribution in [0, 0.1) is 0 Å². The van der Waals surface area contributed by atoms with Crippen molar-refractivity contribution in [1.29, 1.82) is 0 Å². The number of aliphatic carboxylic acids is 1. The number of carboxylic acid groups (broad SMARTS) is 1. The molecule has 2 aromatic carbocycles. The van der Waals surface area contributed by atoms with Crippen LogP contribution in [0.2, 0.25) is 0 Å². The molecule has 0 radical (unpaired) electrons. The molecule has 3 rings (SSSR count). The molecule has 0 amide bonds. The van der Waals surface area contributed by atoms with Crippen LogP contribution in [-0.4, -0.2) is 40.9 Å². The molecule has 1 aromatic heterocycles. The molecular weight excluding hydrogens is 389 g/mol. The van der Waals surface area contributed by atoms with Gasteiger partial charge in [0.05, 0.1) is 12.1 Å². The maximum Gasteiger partial charge on any atom is 0.490 e. The van der Waals surface area contributed by atoms with Gasteiger partial charge in [-0.25, -0.2) is 9.78 Å². The van der Waals surface area contributed by atoms with Crippen LogP contribution in [0.1, 0.15) is 6.92 Å². The number of rotatable bonds is 4. The molecule has 29 heavy (non-hydrogen) atoms. The second-order valence-electron chi connectivity index (χ2n) is 5.68. The van der Waals surface area contributed by atoms with Crippen molar-refractivity contribution in [2.24, 2.45) is 0 Å². The van der Waals surface area contributed by atoms with E-state index < -0.39 is 12.1 Å². The number of nitrogen functional groups attached to an aromatic ring is 1. The summed E-state index contributed by atoms with van der Waals surface area (Å²) in [5, 5.41) is 11.1. The zero-order valence-electron chi connectivity index (χ0n) is 15.6. The third-order valence-corrected chi connectivity index (χ3v) is 3.67. The second kappa shape index (κ2) is 9.09. The molecule has 0 unspecified atom stereocenters. The Morgan fingerprint density at radius 3 is 2.41 bits per heavy atom. The summed E-state index contributed by atoms with van der Waals surface area (Å²) >= 11 is 0. The lowest BCUT2D eigenvalue weighted by Gasteiger charge is -2.09. The Morgan fingerprint density at radius 2 is 1.83 bits per heavy atom. The standard InChI is InChI=1S/C17H18N4O.C2HF3O2/c1-3-22-13-6-4-5-11(9-13)12-7-8-14-15(10-12)20-17(18)21-16(14)19-2;3-2(4,5)1(6)7/h4-10H,3H2,1-2H3,(H3,18,19,20,21);(H,6,7). The topological polar surface area (TPSA) is 110 Å². The lowest BCUT2D eigenvalue weighted by Crippen LogP contribution is -2.21. The Bertz CT molecular complexity index is 1010. The number of ether oxygens (including phenoxy) is 1. The van der Waals surface area contributed by atoms with Gasteiger partial charge in [-0.2, -0.15) is 18.2 Å². The van der Waals surface area contributed by atoms with Crippen LogP contribution in [0.25, 0.3) is 22.0 Å². The Balaban J connectivity index is 0.000000370. The fraction of sp³-hybridized carbons (Fsp3) is 0.211. The number of anilines is 2. The minimum absolute atomic E-state index is 0.261. The monoisotopic (exact) mass is 408 g/mol. The molecule has 3 aromatic rings. The van der Waals surface area contributed by atoms with Gasteiger partial charge in [0.2, 0.25) is 5.95 Å². The highest BCUT2D eigenvalue weighted by Gasteiger charge is 2.38. The molecule has 1 heterocycles. The molecule has 4 N–H and O–H groups in total. The van der Waals surface area contributed by atoms with Crippen molar-refractivity contribution in [2.45, 2.75) is 13.1 Å². The normalized spacial score (nSPS) is 10.8. The van der Waals surface area contributed by atoms with Crippen molar-refractivity contribution in [1.82, 2.24) is 9.97 Å². The molecule has 154 valence electrons. The van der Waals surface area contributed by atoms with Gasteiger partial charge in [0.1, 0.15) is 11.6 Å². The number of alkyl halides is 3. The van der Waals surface area contributed by atoms with Crippen molar-refractivity contribution >= 4 is 28.6 Å². The fourth-order valence-corrected chi connectivity index (χ4v) is 2.45. The van der Waals surface area contributed by atoms with E-state index in [2.05, 4.69) is 15.3 Å². The number of hydrogen-bond donors (Lipinski definition) is 3. The zero-order valence-corrected chi connectivity index (χ0v) is 15.6. The molecule has 0 aliphatic heterocycles. The molecule has 0 spiro atoms. The summed E-state index contributed by atoms with van der Waals surface area (Å²) in [4.78, 5) is 17.4. The van der Waals surface area contributed by atoms with Gasteiger partial charge in [-0.15, -0.1) is 0 Å². The van der Waals surface area contributed by atoms with Crippen LogP contribution in [0.3, 0.4) is 0 Å². The van der Waals surface area contributed by atoms with E-state index in [1.54, 1.807) is 0 Å². The van der Waals surface area contributed by atoms with E-state index in [1.807, 2.05) is 56.4 Å². The lowest BCUT2D eigenvalue weighted by molar-refractivity contribution is -0.192. The predicted octanol–water partition coefficient (Wildman–Crippen LogP) is 3.95. The van der Waals surface area contributed by atoms with Crippen LogP contribution in [-0.2, 0) is 4.79 Å². The Morgan fingerprint density at radius 1 is 1.17 bits per heavy atom. The highest BCUT2D eigenvalue weighted by Crippen LogP contribution is 2.29. The highest BCUT2D eigenvalue weighted by atomic mass is 19.4. The van der Waals surface area contributed by atoms with E-state index in [0.717, 1.165) is 33.6 Å². The van der Waals surface area contributed by atoms with Gasteiger partial charge in [-0.1, -0.05) is 18.2 Å². The first-order valence-electron chi connectivity index (χ1n) is 8.44. The van der Waals surface area contributed by atoms with Gasteiger partial charge in [-0.3, -0.25) is 0 Å². The minimum Gasteiger partial charge on any atom is -0.494 e. The zero-order chi connectivity index (χ0) is 21.6. The van der Waals surface area contributed by atoms with Gasteiger partial charge in [0.25, 0.3) is 0 Å². The number of hydrogen-bond acceptors (Lipinski definition) is 6. The number of aromatic nitrogens is 2. The van der Waals surface area contributed by atoms with Crippen LogP contribution in [0.5, 0.6) is 5.75 Å². The molecule has 0 saturated heterocycles. The van der Waals surface area contributed by atoms with Crippen LogP contribution in [0.15, 0.2) is 42.5 Å². The number of fused-ring (bicyclic) bond motifs is 1. The number of halogens is 3. The SMILES string of the molecule is CCOc1cccc(-c2ccc3c(NC)nc(N)nc3c2)c1.O=C(O)C(F)(F)F. The van der Waals surface area contributed by atoms with Gasteiger partial charge in [0.15, 0.2) is 0 Å². The van der Waals surface area contributed by atoms with Crippen molar-refractivity contribution in [3.8, 4) is 16.9 Å². The molecule has 0 saturated carbocycles. The van der Waals surface area contributed by atoms with Gasteiger partial charge in [0, 0.05) is 12.4 Å². The van der Waals surface area contributed by atoms with Crippen molar-refractivity contribution in [2.75, 3.05) is 24.7 Å². The third-order valence-electron chi connectivity index (χ3n) is 3.67. The first-order valence-corrected chi connectivity index (χ1v) is 8.44. The highest BCUT2D eigenvalue weighted by molar-refractivity contribution is 5.92. The summed E-state index contributed by atoms with van der Waals surface area (Å²) in [7, 11) is 1.82. The van der Waals surface area contributed by atoms with Crippen molar-refractivity contribution < 1.29 is 27.8 Å². The predicted molar refractivity (Wildman–Crippen MR) is 104 cm³/mol. The van der Waals surface area contributed by atoms with E-state index in [-0.39, 0.29) is 5.95 Å². The van der Waals surface area contributed by atoms with E-state index in [9.17, 15) is 13.2 Å². The molecular formula is C19H19F3N4O3.